The molecule has 2 heterocycles. The molecule has 0 amide bonds. The third-order valence-corrected chi connectivity index (χ3v) is 4.15. The highest BCUT2D eigenvalue weighted by Gasteiger charge is 2.17. The van der Waals surface area contributed by atoms with Gasteiger partial charge in [0.25, 0.3) is 0 Å². The highest BCUT2D eigenvalue weighted by Crippen LogP contribution is 2.33. The van der Waals surface area contributed by atoms with Crippen LogP contribution in [0.3, 0.4) is 0 Å². The van der Waals surface area contributed by atoms with Crippen molar-refractivity contribution in [1.82, 2.24) is 5.32 Å². The first-order valence-electron chi connectivity index (χ1n) is 7.75. The smallest absolute Gasteiger partial charge is 0.163 e. The summed E-state index contributed by atoms with van der Waals surface area (Å²) in [6.07, 6.45) is 3.36. The SMILES string of the molecule is CCC1CCN(c2ccc3c(c2)OCCCO3)CCN1. The van der Waals surface area contributed by atoms with Gasteiger partial charge in [0.1, 0.15) is 0 Å². The minimum Gasteiger partial charge on any atom is -0.490 e. The standard InChI is InChI=1S/C16H24N2O2/c1-2-13-6-8-18(9-7-17-13)14-4-5-15-16(12-14)20-11-3-10-19-15/h4-5,12-13,17H,2-3,6-11H2,1H3. The van der Waals surface area contributed by atoms with Crippen LogP contribution >= 0.6 is 0 Å². The molecule has 0 radical (unpaired) electrons. The van der Waals surface area contributed by atoms with Crippen LogP contribution in [-0.4, -0.2) is 38.9 Å². The van der Waals surface area contributed by atoms with E-state index < -0.39 is 0 Å². The van der Waals surface area contributed by atoms with Crippen molar-refractivity contribution in [2.24, 2.45) is 0 Å². The van der Waals surface area contributed by atoms with Crippen molar-refractivity contribution >= 4 is 5.69 Å². The quantitative estimate of drug-likeness (QED) is 0.899. The number of nitrogens with one attached hydrogen (secondary N) is 1. The first-order valence-corrected chi connectivity index (χ1v) is 7.75. The van der Waals surface area contributed by atoms with Crippen molar-refractivity contribution < 1.29 is 9.47 Å². The zero-order valence-corrected chi connectivity index (χ0v) is 12.2. The maximum atomic E-state index is 5.79. The Morgan fingerprint density at radius 2 is 2.05 bits per heavy atom. The second-order valence-electron chi connectivity index (χ2n) is 5.52. The van der Waals surface area contributed by atoms with Gasteiger partial charge in [0.2, 0.25) is 0 Å². The third-order valence-electron chi connectivity index (χ3n) is 4.15. The highest BCUT2D eigenvalue weighted by molar-refractivity contribution is 5.56. The Morgan fingerprint density at radius 3 is 2.90 bits per heavy atom. The number of rotatable bonds is 2. The molecule has 1 aromatic carbocycles. The number of anilines is 1. The third kappa shape index (κ3) is 3.01. The largest absolute Gasteiger partial charge is 0.490 e. The number of hydrogen-bond donors (Lipinski definition) is 1. The van der Waals surface area contributed by atoms with Gasteiger partial charge in [-0.1, -0.05) is 6.92 Å². The molecule has 4 nitrogen and oxygen atoms in total. The summed E-state index contributed by atoms with van der Waals surface area (Å²) in [5, 5.41) is 3.61. The van der Waals surface area contributed by atoms with E-state index in [1.54, 1.807) is 0 Å². The Balaban J connectivity index is 1.75. The van der Waals surface area contributed by atoms with Crippen molar-refractivity contribution in [3.05, 3.63) is 18.2 Å². The molecule has 0 saturated carbocycles. The van der Waals surface area contributed by atoms with E-state index in [4.69, 9.17) is 9.47 Å². The summed E-state index contributed by atoms with van der Waals surface area (Å²) in [6.45, 7) is 6.95. The number of benzene rings is 1. The zero-order chi connectivity index (χ0) is 13.8. The van der Waals surface area contributed by atoms with Crippen LogP contribution < -0.4 is 19.7 Å². The van der Waals surface area contributed by atoms with Crippen molar-refractivity contribution in [3.8, 4) is 11.5 Å². The summed E-state index contributed by atoms with van der Waals surface area (Å²) in [5.74, 6) is 1.77. The average molecular weight is 276 g/mol. The van der Waals surface area contributed by atoms with Crippen molar-refractivity contribution in [2.45, 2.75) is 32.2 Å². The molecule has 110 valence electrons. The monoisotopic (exact) mass is 276 g/mol. The lowest BCUT2D eigenvalue weighted by Crippen LogP contribution is -2.30. The lowest BCUT2D eigenvalue weighted by atomic mass is 10.1. The van der Waals surface area contributed by atoms with Gasteiger partial charge in [-0.25, -0.2) is 0 Å². The Kier molecular flexibility index (Phi) is 4.31. The molecule has 1 fully saturated rings. The van der Waals surface area contributed by atoms with E-state index in [9.17, 15) is 0 Å². The molecule has 20 heavy (non-hydrogen) atoms. The molecule has 1 atom stereocenters. The van der Waals surface area contributed by atoms with Gasteiger partial charge >= 0.3 is 0 Å². The maximum absolute atomic E-state index is 5.79. The Hall–Kier alpha value is -1.42. The fraction of sp³-hybridized carbons (Fsp3) is 0.625. The summed E-state index contributed by atoms with van der Waals surface area (Å²) in [4.78, 5) is 2.44. The predicted octanol–water partition coefficient (Wildman–Crippen LogP) is 2.43. The van der Waals surface area contributed by atoms with E-state index in [1.165, 1.54) is 18.5 Å². The van der Waals surface area contributed by atoms with Gasteiger partial charge in [-0.2, -0.15) is 0 Å². The first kappa shape index (κ1) is 13.6. The van der Waals surface area contributed by atoms with Gasteiger partial charge in [-0.3, -0.25) is 0 Å². The van der Waals surface area contributed by atoms with Crippen molar-refractivity contribution in [3.63, 3.8) is 0 Å². The van der Waals surface area contributed by atoms with Gasteiger partial charge in [-0.15, -0.1) is 0 Å². The molecule has 0 aliphatic carbocycles. The molecule has 2 aliphatic heterocycles. The van der Waals surface area contributed by atoms with Crippen LogP contribution in [0.1, 0.15) is 26.2 Å². The van der Waals surface area contributed by atoms with Crippen LogP contribution in [0.2, 0.25) is 0 Å². The van der Waals surface area contributed by atoms with Crippen molar-refractivity contribution in [2.75, 3.05) is 37.7 Å². The molecule has 4 heteroatoms. The molecule has 1 unspecified atom stereocenters. The minimum absolute atomic E-state index is 0.653. The normalized spacial score (nSPS) is 23.1. The number of hydrogen-bond acceptors (Lipinski definition) is 4. The summed E-state index contributed by atoms with van der Waals surface area (Å²) in [6, 6.07) is 6.98. The van der Waals surface area contributed by atoms with Gasteiger partial charge < -0.3 is 19.7 Å². The van der Waals surface area contributed by atoms with Crippen LogP contribution in [0.5, 0.6) is 11.5 Å². The molecule has 1 aromatic rings. The topological polar surface area (TPSA) is 33.7 Å². The molecular weight excluding hydrogens is 252 g/mol. The van der Waals surface area contributed by atoms with E-state index >= 15 is 0 Å². The molecule has 2 aliphatic rings. The van der Waals surface area contributed by atoms with Gasteiger partial charge in [0, 0.05) is 43.9 Å². The molecule has 0 spiro atoms. The fourth-order valence-corrected chi connectivity index (χ4v) is 2.88. The zero-order valence-electron chi connectivity index (χ0n) is 12.2. The summed E-state index contributed by atoms with van der Waals surface area (Å²) in [5.41, 5.74) is 1.24. The summed E-state index contributed by atoms with van der Waals surface area (Å²) in [7, 11) is 0. The lowest BCUT2D eigenvalue weighted by Gasteiger charge is -2.23. The van der Waals surface area contributed by atoms with E-state index in [2.05, 4.69) is 29.3 Å². The van der Waals surface area contributed by atoms with E-state index in [0.29, 0.717) is 6.04 Å². The molecule has 1 saturated heterocycles. The Labute approximate surface area is 121 Å². The fourth-order valence-electron chi connectivity index (χ4n) is 2.88. The van der Waals surface area contributed by atoms with Crippen LogP contribution in [0.15, 0.2) is 18.2 Å². The molecular formula is C16H24N2O2. The molecule has 1 N–H and O–H groups in total. The van der Waals surface area contributed by atoms with Crippen LogP contribution in [0.4, 0.5) is 5.69 Å². The van der Waals surface area contributed by atoms with Gasteiger partial charge in [0.15, 0.2) is 11.5 Å². The second kappa shape index (κ2) is 6.35. The highest BCUT2D eigenvalue weighted by atomic mass is 16.5. The first-order chi connectivity index (χ1) is 9.86. The summed E-state index contributed by atoms with van der Waals surface area (Å²) < 4.78 is 11.5. The number of nitrogens with zero attached hydrogens (tertiary/aromatic N) is 1. The van der Waals surface area contributed by atoms with E-state index in [1.807, 2.05) is 6.07 Å². The second-order valence-corrected chi connectivity index (χ2v) is 5.52. The average Bonchev–Trinajstić information content (AvgIpc) is 2.86. The maximum Gasteiger partial charge on any atom is 0.163 e. The van der Waals surface area contributed by atoms with Crippen LogP contribution in [0.25, 0.3) is 0 Å². The minimum atomic E-state index is 0.653. The predicted molar refractivity (Wildman–Crippen MR) is 81.0 cm³/mol. The molecule has 3 rings (SSSR count). The Bertz CT molecular complexity index is 450. The summed E-state index contributed by atoms with van der Waals surface area (Å²) >= 11 is 0. The Morgan fingerprint density at radius 1 is 1.20 bits per heavy atom. The van der Waals surface area contributed by atoms with Crippen molar-refractivity contribution in [1.29, 1.82) is 0 Å². The lowest BCUT2D eigenvalue weighted by molar-refractivity contribution is 0.297. The van der Waals surface area contributed by atoms with Gasteiger partial charge in [0.05, 0.1) is 13.2 Å². The molecule has 0 aromatic heterocycles. The van der Waals surface area contributed by atoms with Crippen LogP contribution in [0, 0.1) is 0 Å². The molecule has 0 bridgehead atoms. The van der Waals surface area contributed by atoms with Crippen LogP contribution in [-0.2, 0) is 0 Å². The van der Waals surface area contributed by atoms with E-state index in [0.717, 1.165) is 50.8 Å². The number of ether oxygens (including phenoxy) is 2. The van der Waals surface area contributed by atoms with E-state index in [-0.39, 0.29) is 0 Å². The van der Waals surface area contributed by atoms with Gasteiger partial charge in [-0.05, 0) is 25.0 Å². The number of fused-ring (bicyclic) bond motifs is 1.